The first-order valence-corrected chi connectivity index (χ1v) is 6.01. The van der Waals surface area contributed by atoms with E-state index in [1.165, 1.54) is 6.07 Å². The minimum atomic E-state index is -0.435. The molecule has 0 aliphatic rings. The van der Waals surface area contributed by atoms with Crippen LogP contribution in [0.2, 0.25) is 0 Å². The van der Waals surface area contributed by atoms with Crippen LogP contribution in [-0.4, -0.2) is 23.2 Å². The molecule has 1 rings (SSSR count). The van der Waals surface area contributed by atoms with Gasteiger partial charge in [-0.1, -0.05) is 20.8 Å². The van der Waals surface area contributed by atoms with Crippen molar-refractivity contribution in [1.29, 1.82) is 0 Å². The molecule has 0 radical (unpaired) electrons. The summed E-state index contributed by atoms with van der Waals surface area (Å²) in [5.41, 5.74) is 0.846. The van der Waals surface area contributed by atoms with Gasteiger partial charge < -0.3 is 10.4 Å². The Hall–Kier alpha value is -1.55. The first-order valence-electron chi connectivity index (χ1n) is 5.48. The van der Waals surface area contributed by atoms with Crippen LogP contribution in [0.3, 0.4) is 0 Å². The van der Waals surface area contributed by atoms with Gasteiger partial charge in [-0.15, -0.1) is 11.6 Å². The molecular formula is C13H16ClNO3. The van der Waals surface area contributed by atoms with Gasteiger partial charge in [0.05, 0.1) is 5.69 Å². The van der Waals surface area contributed by atoms with Crippen molar-refractivity contribution in [3.05, 3.63) is 23.3 Å². The first kappa shape index (κ1) is 14.5. The Morgan fingerprint density at radius 2 is 2.06 bits per heavy atom. The average molecular weight is 270 g/mol. The van der Waals surface area contributed by atoms with Gasteiger partial charge in [0, 0.05) is 11.1 Å². The summed E-state index contributed by atoms with van der Waals surface area (Å²) < 4.78 is 0. The molecule has 5 heteroatoms. The number of amides is 1. The number of nitrogens with one attached hydrogen (secondary N) is 1. The van der Waals surface area contributed by atoms with E-state index < -0.39 is 5.91 Å². The lowest BCUT2D eigenvalue weighted by molar-refractivity contribution is -0.113. The summed E-state index contributed by atoms with van der Waals surface area (Å²) >= 11 is 5.39. The number of rotatable bonds is 3. The largest absolute Gasteiger partial charge is 0.505 e. The van der Waals surface area contributed by atoms with Crippen molar-refractivity contribution >= 4 is 29.5 Å². The maximum atomic E-state index is 11.3. The molecule has 0 saturated carbocycles. The highest BCUT2D eigenvalue weighted by atomic mass is 35.5. The highest BCUT2D eigenvalue weighted by molar-refractivity contribution is 6.29. The fraction of sp³-hybridized carbons (Fsp3) is 0.385. The lowest BCUT2D eigenvalue weighted by atomic mass is 9.85. The van der Waals surface area contributed by atoms with E-state index in [1.54, 1.807) is 6.07 Å². The Bertz CT molecular complexity index is 478. The van der Waals surface area contributed by atoms with Crippen molar-refractivity contribution < 1.29 is 14.7 Å². The van der Waals surface area contributed by atoms with E-state index in [9.17, 15) is 14.7 Å². The summed E-state index contributed by atoms with van der Waals surface area (Å²) in [4.78, 5) is 22.1. The normalized spacial score (nSPS) is 11.1. The minimum Gasteiger partial charge on any atom is -0.505 e. The van der Waals surface area contributed by atoms with Gasteiger partial charge >= 0.3 is 0 Å². The van der Waals surface area contributed by atoms with E-state index in [4.69, 9.17) is 11.6 Å². The van der Waals surface area contributed by atoms with Crippen molar-refractivity contribution in [2.45, 2.75) is 26.2 Å². The van der Waals surface area contributed by atoms with Gasteiger partial charge in [-0.25, -0.2) is 0 Å². The zero-order chi connectivity index (χ0) is 13.9. The van der Waals surface area contributed by atoms with Crippen LogP contribution in [-0.2, 0) is 10.2 Å². The summed E-state index contributed by atoms with van der Waals surface area (Å²) in [6, 6.07) is 3.03. The Labute approximate surface area is 111 Å². The second-order valence-electron chi connectivity index (χ2n) is 5.01. The van der Waals surface area contributed by atoms with Crippen molar-refractivity contribution in [2.75, 3.05) is 11.2 Å². The predicted molar refractivity (Wildman–Crippen MR) is 71.5 cm³/mol. The number of aldehydes is 1. The molecule has 1 aromatic carbocycles. The van der Waals surface area contributed by atoms with Crippen molar-refractivity contribution in [2.24, 2.45) is 0 Å². The van der Waals surface area contributed by atoms with E-state index >= 15 is 0 Å². The second kappa shape index (κ2) is 5.40. The zero-order valence-corrected chi connectivity index (χ0v) is 11.3. The molecule has 4 nitrogen and oxygen atoms in total. The van der Waals surface area contributed by atoms with Crippen LogP contribution in [0.1, 0.15) is 36.7 Å². The number of hydrogen-bond acceptors (Lipinski definition) is 3. The molecule has 0 heterocycles. The Morgan fingerprint density at radius 3 is 2.50 bits per heavy atom. The molecule has 0 saturated heterocycles. The molecule has 1 amide bonds. The molecule has 0 aliphatic heterocycles. The molecule has 0 aliphatic carbocycles. The van der Waals surface area contributed by atoms with Crippen LogP contribution in [0, 0.1) is 0 Å². The smallest absolute Gasteiger partial charge is 0.239 e. The topological polar surface area (TPSA) is 66.4 Å². The molecule has 0 fully saturated rings. The number of aromatic hydroxyl groups is 1. The molecule has 1 aromatic rings. The monoisotopic (exact) mass is 269 g/mol. The van der Waals surface area contributed by atoms with Gasteiger partial charge in [0.2, 0.25) is 5.91 Å². The quantitative estimate of drug-likeness (QED) is 0.504. The summed E-state index contributed by atoms with van der Waals surface area (Å²) in [6.07, 6.45) is 0.672. The number of hydrogen-bond donors (Lipinski definition) is 2. The van der Waals surface area contributed by atoms with Gasteiger partial charge in [0.25, 0.3) is 0 Å². The zero-order valence-electron chi connectivity index (χ0n) is 10.6. The van der Waals surface area contributed by atoms with Crippen LogP contribution in [0.15, 0.2) is 12.1 Å². The van der Waals surface area contributed by atoms with Gasteiger partial charge in [0.15, 0.2) is 0 Å². The number of phenols is 1. The third kappa shape index (κ3) is 3.23. The Kier molecular flexibility index (Phi) is 4.35. The average Bonchev–Trinajstić information content (AvgIpc) is 2.29. The molecular weight excluding hydrogens is 254 g/mol. The first-order chi connectivity index (χ1) is 8.29. The lowest BCUT2D eigenvalue weighted by Gasteiger charge is -2.22. The second-order valence-corrected chi connectivity index (χ2v) is 5.28. The highest BCUT2D eigenvalue weighted by Gasteiger charge is 2.22. The van der Waals surface area contributed by atoms with E-state index in [-0.39, 0.29) is 22.7 Å². The summed E-state index contributed by atoms with van der Waals surface area (Å²) in [5, 5.41) is 12.6. The molecule has 0 bridgehead atoms. The molecule has 2 N–H and O–H groups in total. The standard InChI is InChI=1S/C13H16ClNO3/c1-13(2,3)9-4-8(7-16)5-10(12(9)18)15-11(17)6-14/h4-5,7,18H,6H2,1-3H3,(H,15,17). The van der Waals surface area contributed by atoms with Crippen molar-refractivity contribution in [1.82, 2.24) is 0 Å². The number of benzene rings is 1. The van der Waals surface area contributed by atoms with Crippen molar-refractivity contribution in [3.8, 4) is 5.75 Å². The summed E-state index contributed by atoms with van der Waals surface area (Å²) in [6.45, 7) is 5.72. The third-order valence-electron chi connectivity index (χ3n) is 2.47. The minimum absolute atomic E-state index is 0.0356. The fourth-order valence-corrected chi connectivity index (χ4v) is 1.64. The number of anilines is 1. The Morgan fingerprint density at radius 1 is 1.44 bits per heavy atom. The van der Waals surface area contributed by atoms with Gasteiger partial charge in [-0.2, -0.15) is 0 Å². The lowest BCUT2D eigenvalue weighted by Crippen LogP contribution is -2.16. The maximum absolute atomic E-state index is 11.3. The highest BCUT2D eigenvalue weighted by Crippen LogP contribution is 2.37. The van der Waals surface area contributed by atoms with Crippen LogP contribution >= 0.6 is 11.6 Å². The van der Waals surface area contributed by atoms with Crippen LogP contribution < -0.4 is 5.32 Å². The van der Waals surface area contributed by atoms with E-state index in [0.29, 0.717) is 17.4 Å². The third-order valence-corrected chi connectivity index (χ3v) is 2.71. The SMILES string of the molecule is CC(C)(C)c1cc(C=O)cc(NC(=O)CCl)c1O. The van der Waals surface area contributed by atoms with Gasteiger partial charge in [0.1, 0.15) is 17.9 Å². The van der Waals surface area contributed by atoms with E-state index in [0.717, 1.165) is 0 Å². The molecule has 0 aromatic heterocycles. The molecule has 98 valence electrons. The summed E-state index contributed by atoms with van der Waals surface area (Å²) in [5.74, 6) is -0.684. The van der Waals surface area contributed by atoms with Crippen LogP contribution in [0.25, 0.3) is 0 Å². The maximum Gasteiger partial charge on any atom is 0.239 e. The fourth-order valence-electron chi connectivity index (χ4n) is 1.58. The van der Waals surface area contributed by atoms with Crippen LogP contribution in [0.4, 0.5) is 5.69 Å². The van der Waals surface area contributed by atoms with Crippen LogP contribution in [0.5, 0.6) is 5.75 Å². The molecule has 0 atom stereocenters. The number of alkyl halides is 1. The Balaban J connectivity index is 3.34. The van der Waals surface area contributed by atoms with Gasteiger partial charge in [-0.05, 0) is 17.5 Å². The van der Waals surface area contributed by atoms with E-state index in [1.807, 2.05) is 20.8 Å². The number of phenolic OH excluding ortho intramolecular Hbond substituents is 1. The summed E-state index contributed by atoms with van der Waals surface area (Å²) in [7, 11) is 0. The number of carbonyl (C=O) groups is 2. The molecule has 18 heavy (non-hydrogen) atoms. The predicted octanol–water partition coefficient (Wildman–Crippen LogP) is 2.68. The molecule has 0 spiro atoms. The van der Waals surface area contributed by atoms with Gasteiger partial charge in [-0.3, -0.25) is 9.59 Å². The van der Waals surface area contributed by atoms with E-state index in [2.05, 4.69) is 5.32 Å². The molecule has 0 unspecified atom stereocenters. The number of halogens is 1. The van der Waals surface area contributed by atoms with Crippen molar-refractivity contribution in [3.63, 3.8) is 0 Å². The number of carbonyl (C=O) groups excluding carboxylic acids is 2.